The highest BCUT2D eigenvalue weighted by atomic mass is 16.4. The summed E-state index contributed by atoms with van der Waals surface area (Å²) in [6.07, 6.45) is 0. The number of carboxylic acid groups (broad SMARTS) is 1. The maximum atomic E-state index is 13.7. The predicted octanol–water partition coefficient (Wildman–Crippen LogP) is 6.64. The Hall–Kier alpha value is -7.20. The number of nitrogens with zero attached hydrogens (tertiary/aromatic N) is 9. The largest absolute Gasteiger partial charge is 0.476 e. The van der Waals surface area contributed by atoms with Gasteiger partial charge in [-0.05, 0) is 76.2 Å². The van der Waals surface area contributed by atoms with Gasteiger partial charge in [-0.25, -0.2) is 34.7 Å². The van der Waals surface area contributed by atoms with Crippen LogP contribution in [0.2, 0.25) is 0 Å². The molecule has 2 fully saturated rings. The molecule has 0 radical (unpaired) electrons. The number of aromatic nitrogens is 8. The van der Waals surface area contributed by atoms with Gasteiger partial charge in [0.05, 0.1) is 33.1 Å². The Labute approximate surface area is 361 Å². The summed E-state index contributed by atoms with van der Waals surface area (Å²) in [5.74, 6) is -1.19. The number of benzene rings is 4. The highest BCUT2D eigenvalue weighted by Gasteiger charge is 2.30. The Morgan fingerprint density at radius 1 is 0.508 bits per heavy atom. The monoisotopic (exact) mass is 838 g/mol. The molecule has 8 heterocycles. The number of rotatable bonds is 2. The third-order valence-corrected chi connectivity index (χ3v) is 11.5. The molecule has 2 aliphatic heterocycles. The van der Waals surface area contributed by atoms with E-state index in [1.165, 1.54) is 0 Å². The third-order valence-electron chi connectivity index (χ3n) is 11.5. The fraction of sp³-hybridized carbons (Fsp3) is 0.250. The Morgan fingerprint density at radius 3 is 1.40 bits per heavy atom. The lowest BCUT2D eigenvalue weighted by Crippen LogP contribution is -2.56. The molecule has 0 unspecified atom stereocenters. The number of imidazole rings is 2. The van der Waals surface area contributed by atoms with Crippen LogP contribution >= 0.6 is 0 Å². The van der Waals surface area contributed by atoms with E-state index >= 15 is 0 Å². The second kappa shape index (κ2) is 16.2. The summed E-state index contributed by atoms with van der Waals surface area (Å²) >= 11 is 0. The Kier molecular flexibility index (Phi) is 10.3. The van der Waals surface area contributed by atoms with Gasteiger partial charge in [0.1, 0.15) is 11.0 Å². The summed E-state index contributed by atoms with van der Waals surface area (Å²) < 4.78 is 3.75. The molecule has 2 saturated heterocycles. The zero-order chi connectivity index (χ0) is 43.4. The van der Waals surface area contributed by atoms with Crippen LogP contribution in [0.25, 0.3) is 77.5 Å². The molecule has 15 heteroatoms. The summed E-state index contributed by atoms with van der Waals surface area (Å²) in [6, 6.07) is 36.7. The molecule has 0 spiro atoms. The summed E-state index contributed by atoms with van der Waals surface area (Å²) in [5.41, 5.74) is 8.67. The Bertz CT molecular complexity index is 3380. The third kappa shape index (κ3) is 7.49. The Morgan fingerprint density at radius 2 is 0.921 bits per heavy atom. The molecule has 316 valence electrons. The van der Waals surface area contributed by atoms with Crippen molar-refractivity contribution in [2.75, 3.05) is 26.2 Å². The zero-order valence-corrected chi connectivity index (χ0v) is 35.3. The van der Waals surface area contributed by atoms with Crippen LogP contribution in [0.5, 0.6) is 0 Å². The molecule has 2 aliphatic rings. The van der Waals surface area contributed by atoms with Gasteiger partial charge in [-0.1, -0.05) is 60.7 Å². The minimum absolute atomic E-state index is 0.0734. The fourth-order valence-electron chi connectivity index (χ4n) is 8.87. The fourth-order valence-corrected chi connectivity index (χ4v) is 8.87. The summed E-state index contributed by atoms with van der Waals surface area (Å²) in [7, 11) is 0. The van der Waals surface area contributed by atoms with Gasteiger partial charge in [-0.15, -0.1) is 0 Å². The number of hydrogen-bond donors (Lipinski definition) is 4. The second-order valence-corrected chi connectivity index (χ2v) is 16.6. The van der Waals surface area contributed by atoms with E-state index in [1.807, 2.05) is 118 Å². The van der Waals surface area contributed by atoms with E-state index in [4.69, 9.17) is 19.9 Å². The predicted molar refractivity (Wildman–Crippen MR) is 246 cm³/mol. The summed E-state index contributed by atoms with van der Waals surface area (Å²) in [5, 5.41) is 21.7. The lowest BCUT2D eigenvalue weighted by Gasteiger charge is -2.36. The van der Waals surface area contributed by atoms with Crippen LogP contribution in [0.1, 0.15) is 48.7 Å². The number of pyridine rings is 2. The van der Waals surface area contributed by atoms with Crippen molar-refractivity contribution in [1.82, 2.24) is 59.6 Å². The topological polar surface area (TPSA) is 180 Å². The molecular formula is C48H46N12O3. The van der Waals surface area contributed by atoms with Crippen LogP contribution < -0.4 is 16.0 Å². The van der Waals surface area contributed by atoms with Crippen LogP contribution in [0, 0.1) is 0 Å². The van der Waals surface area contributed by atoms with Gasteiger partial charge in [0.2, 0.25) is 0 Å². The van der Waals surface area contributed by atoms with Crippen LogP contribution in [0.4, 0.5) is 0 Å². The molecule has 0 saturated carbocycles. The number of nitrogens with one attached hydrogen (secondary N) is 3. The smallest absolute Gasteiger partial charge is 0.358 e. The highest BCUT2D eigenvalue weighted by molar-refractivity contribution is 6.04. The van der Waals surface area contributed by atoms with Crippen molar-refractivity contribution >= 4 is 89.4 Å². The number of amides is 1. The zero-order valence-electron chi connectivity index (χ0n) is 35.3. The average molecular weight is 839 g/mol. The molecule has 10 aromatic rings. The van der Waals surface area contributed by atoms with Crippen molar-refractivity contribution < 1.29 is 14.7 Å². The van der Waals surface area contributed by atoms with Crippen LogP contribution in [-0.4, -0.2) is 111 Å². The number of fused-ring (bicyclic) bond motifs is 12. The van der Waals surface area contributed by atoms with E-state index in [-0.39, 0.29) is 23.7 Å². The minimum Gasteiger partial charge on any atom is -0.476 e. The van der Waals surface area contributed by atoms with E-state index in [0.717, 1.165) is 51.4 Å². The van der Waals surface area contributed by atoms with Crippen LogP contribution in [0.3, 0.4) is 0 Å². The molecule has 0 bridgehead atoms. The molecule has 0 aliphatic carbocycles. The van der Waals surface area contributed by atoms with Gasteiger partial charge in [-0.2, -0.15) is 0 Å². The minimum atomic E-state index is -1.11. The normalized spacial score (nSPS) is 19.1. The van der Waals surface area contributed by atoms with Gasteiger partial charge < -0.3 is 26.0 Å². The number of aromatic carboxylic acids is 1. The van der Waals surface area contributed by atoms with Gasteiger partial charge >= 0.3 is 5.97 Å². The standard InChI is InChI=1S/C24H22N6O.C18H10N4O2.C6H14N2/c1-14-12-29(13-15(2)25-14)24(31)21-23-28-18-9-5-6-10-20(18)30(23)22-19(26-21)11-16-7-3-4-8-17(16)27-22;23-18(24)15-17-21-12-7-3-4-8-14(12)22(17)16-13(19-15)9-10-5-1-2-6-11(10)20-16;1-5-3-7-4-6(2)8-5/h3-11,14-15,25H,12-13H2,1-2H3;1-9H,(H,23,24);5-8H,3-4H2,1-2H3/t14-,15+;;5-,6+. The second-order valence-electron chi connectivity index (χ2n) is 16.6. The Balaban J connectivity index is 0.000000130. The molecule has 4 aromatic carbocycles. The number of para-hydroxylation sites is 6. The summed E-state index contributed by atoms with van der Waals surface area (Å²) in [6.45, 7) is 12.1. The lowest BCUT2D eigenvalue weighted by atomic mass is 10.1. The van der Waals surface area contributed by atoms with Gasteiger partial charge in [0, 0.05) is 61.1 Å². The quantitative estimate of drug-likeness (QED) is 0.137. The number of hydrogen-bond acceptors (Lipinski definition) is 11. The van der Waals surface area contributed by atoms with Crippen molar-refractivity contribution in [3.05, 3.63) is 121 Å². The first-order valence-corrected chi connectivity index (χ1v) is 21.3. The molecule has 4 atom stereocenters. The highest BCUT2D eigenvalue weighted by Crippen LogP contribution is 2.28. The first-order chi connectivity index (χ1) is 30.6. The van der Waals surface area contributed by atoms with Crippen molar-refractivity contribution in [2.45, 2.75) is 51.9 Å². The van der Waals surface area contributed by atoms with Crippen molar-refractivity contribution in [1.29, 1.82) is 0 Å². The van der Waals surface area contributed by atoms with Crippen molar-refractivity contribution in [2.24, 2.45) is 0 Å². The number of carboxylic acids is 1. The lowest BCUT2D eigenvalue weighted by molar-refractivity contribution is 0.0667. The number of piperazine rings is 2. The van der Waals surface area contributed by atoms with E-state index in [9.17, 15) is 14.7 Å². The molecule has 12 rings (SSSR count). The molecule has 1 amide bonds. The van der Waals surface area contributed by atoms with E-state index in [2.05, 4.69) is 53.6 Å². The number of carbonyl (C=O) groups excluding carboxylic acids is 1. The van der Waals surface area contributed by atoms with Crippen LogP contribution in [0.15, 0.2) is 109 Å². The van der Waals surface area contributed by atoms with Gasteiger partial charge in [-0.3, -0.25) is 13.6 Å². The molecule has 4 N–H and O–H groups in total. The van der Waals surface area contributed by atoms with Gasteiger partial charge in [0.15, 0.2) is 34.0 Å². The molecular weight excluding hydrogens is 793 g/mol. The van der Waals surface area contributed by atoms with Crippen molar-refractivity contribution in [3.63, 3.8) is 0 Å². The SMILES string of the molecule is C[C@@H]1CN(C(=O)c2nc3cc4ccccc4nc3n3c2nc2ccccc23)C[C@H](C)N1.C[C@@H]1CNC[C@H](C)N1.O=C(O)c1nc2cc3ccccc3nc2n2c1nc1ccccc12. The van der Waals surface area contributed by atoms with Gasteiger partial charge in [0.25, 0.3) is 5.91 Å². The summed E-state index contributed by atoms with van der Waals surface area (Å²) in [4.78, 5) is 55.1. The molecule has 63 heavy (non-hydrogen) atoms. The molecule has 15 nitrogen and oxygen atoms in total. The maximum absolute atomic E-state index is 13.7. The first-order valence-electron chi connectivity index (χ1n) is 21.3. The first kappa shape index (κ1) is 39.9. The van der Waals surface area contributed by atoms with E-state index < -0.39 is 5.97 Å². The van der Waals surface area contributed by atoms with Crippen molar-refractivity contribution in [3.8, 4) is 0 Å². The number of carbonyl (C=O) groups is 2. The maximum Gasteiger partial charge on any atom is 0.358 e. The average Bonchev–Trinajstić information content (AvgIpc) is 3.87. The van der Waals surface area contributed by atoms with E-state index in [0.29, 0.717) is 70.0 Å². The molecule has 6 aromatic heterocycles. The van der Waals surface area contributed by atoms with E-state index in [1.54, 1.807) is 4.40 Å². The van der Waals surface area contributed by atoms with Crippen LogP contribution in [-0.2, 0) is 0 Å².